The number of nitrogens with two attached hydrogens (primary N) is 1. The van der Waals surface area contributed by atoms with Crippen LogP contribution in [0, 0.1) is 0 Å². The van der Waals surface area contributed by atoms with Gasteiger partial charge >= 0.3 is 0 Å². The van der Waals surface area contributed by atoms with E-state index in [1.54, 1.807) is 18.0 Å². The van der Waals surface area contributed by atoms with Gasteiger partial charge in [-0.05, 0) is 19.1 Å². The standard InChI is InChI=1S/C11H12N4S/c1-6-5-16-11(14-6)8-9-7(15-10(8)12)3-2-4-13-9/h2-4,6,15H,5,12H2,1H3. The molecule has 16 heavy (non-hydrogen) atoms. The van der Waals surface area contributed by atoms with Gasteiger partial charge in [0.25, 0.3) is 0 Å². The van der Waals surface area contributed by atoms with Crippen LogP contribution in [-0.4, -0.2) is 26.8 Å². The number of nitrogens with zero attached hydrogens (tertiary/aromatic N) is 2. The number of anilines is 1. The molecular formula is C11H12N4S. The first-order chi connectivity index (χ1) is 7.75. The molecule has 3 heterocycles. The molecule has 0 saturated carbocycles. The Balaban J connectivity index is 2.23. The van der Waals surface area contributed by atoms with E-state index in [-0.39, 0.29) is 0 Å². The van der Waals surface area contributed by atoms with Gasteiger partial charge in [-0.3, -0.25) is 9.98 Å². The van der Waals surface area contributed by atoms with Gasteiger partial charge in [0.1, 0.15) is 16.4 Å². The molecule has 1 atom stereocenters. The normalized spacial score (nSPS) is 20.3. The van der Waals surface area contributed by atoms with Crippen molar-refractivity contribution in [1.82, 2.24) is 9.97 Å². The molecule has 0 aromatic carbocycles. The Hall–Kier alpha value is -1.49. The molecule has 2 aromatic heterocycles. The maximum Gasteiger partial charge on any atom is 0.113 e. The molecule has 0 spiro atoms. The number of nitrogens with one attached hydrogen (secondary N) is 1. The molecule has 2 aromatic rings. The topological polar surface area (TPSA) is 67.1 Å². The van der Waals surface area contributed by atoms with Crippen molar-refractivity contribution in [3.05, 3.63) is 23.9 Å². The smallest absolute Gasteiger partial charge is 0.113 e. The Morgan fingerprint density at radius 2 is 2.44 bits per heavy atom. The van der Waals surface area contributed by atoms with Gasteiger partial charge in [0.2, 0.25) is 0 Å². The summed E-state index contributed by atoms with van der Waals surface area (Å²) in [4.78, 5) is 12.1. The molecule has 1 unspecified atom stereocenters. The van der Waals surface area contributed by atoms with Gasteiger partial charge < -0.3 is 10.7 Å². The molecular weight excluding hydrogens is 220 g/mol. The van der Waals surface area contributed by atoms with E-state index < -0.39 is 0 Å². The monoisotopic (exact) mass is 232 g/mol. The van der Waals surface area contributed by atoms with Crippen LogP contribution in [0.1, 0.15) is 12.5 Å². The molecule has 4 nitrogen and oxygen atoms in total. The molecule has 1 aliphatic rings. The van der Waals surface area contributed by atoms with E-state index in [4.69, 9.17) is 5.73 Å². The summed E-state index contributed by atoms with van der Waals surface area (Å²) in [7, 11) is 0. The third-order valence-corrected chi connectivity index (χ3v) is 3.83. The molecule has 0 fully saturated rings. The molecule has 3 rings (SSSR count). The fourth-order valence-electron chi connectivity index (χ4n) is 1.87. The summed E-state index contributed by atoms with van der Waals surface area (Å²) in [5.41, 5.74) is 8.84. The quantitative estimate of drug-likeness (QED) is 0.790. The lowest BCUT2D eigenvalue weighted by atomic mass is 10.2. The number of rotatable bonds is 1. The lowest BCUT2D eigenvalue weighted by molar-refractivity contribution is 0.865. The van der Waals surface area contributed by atoms with Crippen molar-refractivity contribution in [3.8, 4) is 0 Å². The van der Waals surface area contributed by atoms with Gasteiger partial charge in [-0.1, -0.05) is 0 Å². The van der Waals surface area contributed by atoms with Gasteiger partial charge in [-0.25, -0.2) is 0 Å². The van der Waals surface area contributed by atoms with Crippen LogP contribution in [0.25, 0.3) is 11.0 Å². The number of aliphatic imine (C=N–C) groups is 1. The maximum absolute atomic E-state index is 5.99. The van der Waals surface area contributed by atoms with E-state index >= 15 is 0 Å². The molecule has 3 N–H and O–H groups in total. The molecule has 0 bridgehead atoms. The Bertz CT molecular complexity index is 572. The minimum absolute atomic E-state index is 0.369. The summed E-state index contributed by atoms with van der Waals surface area (Å²) < 4.78 is 0. The van der Waals surface area contributed by atoms with Crippen LogP contribution in [0.15, 0.2) is 23.3 Å². The molecule has 1 aliphatic heterocycles. The Labute approximate surface area is 97.4 Å². The molecule has 5 heteroatoms. The molecule has 0 aliphatic carbocycles. The van der Waals surface area contributed by atoms with Crippen LogP contribution in [0.2, 0.25) is 0 Å². The van der Waals surface area contributed by atoms with Crippen molar-refractivity contribution >= 4 is 33.7 Å². The predicted molar refractivity (Wildman–Crippen MR) is 69.0 cm³/mol. The SMILES string of the molecule is CC1CSC(c2c(N)[nH]c3cccnc23)=N1. The Morgan fingerprint density at radius 1 is 1.56 bits per heavy atom. The van der Waals surface area contributed by atoms with Crippen LogP contribution >= 0.6 is 11.8 Å². The lowest BCUT2D eigenvalue weighted by Gasteiger charge is -1.97. The Morgan fingerprint density at radius 3 is 3.19 bits per heavy atom. The minimum atomic E-state index is 0.369. The highest BCUT2D eigenvalue weighted by atomic mass is 32.2. The average Bonchev–Trinajstić information content (AvgIpc) is 2.80. The number of hydrogen-bond donors (Lipinski definition) is 2. The number of aromatic amines is 1. The van der Waals surface area contributed by atoms with Gasteiger partial charge in [-0.15, -0.1) is 11.8 Å². The highest BCUT2D eigenvalue weighted by Crippen LogP contribution is 2.31. The average molecular weight is 232 g/mol. The van der Waals surface area contributed by atoms with Crippen molar-refractivity contribution < 1.29 is 0 Å². The zero-order valence-electron chi connectivity index (χ0n) is 8.90. The van der Waals surface area contributed by atoms with Crippen molar-refractivity contribution in [2.24, 2.45) is 4.99 Å². The third kappa shape index (κ3) is 1.39. The zero-order valence-corrected chi connectivity index (χ0v) is 9.71. The van der Waals surface area contributed by atoms with Crippen LogP contribution < -0.4 is 5.73 Å². The largest absolute Gasteiger partial charge is 0.385 e. The fourth-order valence-corrected chi connectivity index (χ4v) is 2.95. The number of pyridine rings is 1. The number of hydrogen-bond acceptors (Lipinski definition) is 4. The fraction of sp³-hybridized carbons (Fsp3) is 0.273. The van der Waals surface area contributed by atoms with Gasteiger partial charge in [0, 0.05) is 11.9 Å². The van der Waals surface area contributed by atoms with E-state index in [0.717, 1.165) is 27.4 Å². The Kier molecular flexibility index (Phi) is 2.14. The van der Waals surface area contributed by atoms with E-state index in [9.17, 15) is 0 Å². The van der Waals surface area contributed by atoms with Crippen molar-refractivity contribution in [3.63, 3.8) is 0 Å². The second-order valence-corrected chi connectivity index (χ2v) is 4.92. The molecule has 0 amide bonds. The van der Waals surface area contributed by atoms with Crippen LogP contribution in [-0.2, 0) is 0 Å². The minimum Gasteiger partial charge on any atom is -0.385 e. The van der Waals surface area contributed by atoms with Crippen LogP contribution in [0.3, 0.4) is 0 Å². The summed E-state index contributed by atoms with van der Waals surface area (Å²) in [6.07, 6.45) is 1.78. The second-order valence-electron chi connectivity index (χ2n) is 3.91. The van der Waals surface area contributed by atoms with E-state index in [2.05, 4.69) is 21.9 Å². The summed E-state index contributed by atoms with van der Waals surface area (Å²) in [6, 6.07) is 4.24. The summed E-state index contributed by atoms with van der Waals surface area (Å²) >= 11 is 1.75. The van der Waals surface area contributed by atoms with Crippen molar-refractivity contribution in [2.75, 3.05) is 11.5 Å². The maximum atomic E-state index is 5.99. The third-order valence-electron chi connectivity index (χ3n) is 2.60. The van der Waals surface area contributed by atoms with Crippen molar-refractivity contribution in [1.29, 1.82) is 0 Å². The number of fused-ring (bicyclic) bond motifs is 1. The van der Waals surface area contributed by atoms with E-state index in [0.29, 0.717) is 11.9 Å². The highest BCUT2D eigenvalue weighted by Gasteiger charge is 2.21. The molecule has 82 valence electrons. The van der Waals surface area contributed by atoms with Crippen LogP contribution in [0.4, 0.5) is 5.82 Å². The number of thioether (sulfide) groups is 1. The highest BCUT2D eigenvalue weighted by molar-refractivity contribution is 8.14. The van der Waals surface area contributed by atoms with Crippen LogP contribution in [0.5, 0.6) is 0 Å². The summed E-state index contributed by atoms with van der Waals surface area (Å²) in [5.74, 6) is 1.68. The number of H-pyrrole nitrogens is 1. The number of nitrogen functional groups attached to an aromatic ring is 1. The first-order valence-corrected chi connectivity index (χ1v) is 6.17. The van der Waals surface area contributed by atoms with E-state index in [1.807, 2.05) is 12.1 Å². The predicted octanol–water partition coefficient (Wildman–Crippen LogP) is 2.03. The first-order valence-electron chi connectivity index (χ1n) is 5.19. The van der Waals surface area contributed by atoms with Crippen molar-refractivity contribution in [2.45, 2.75) is 13.0 Å². The molecule has 0 saturated heterocycles. The number of aromatic nitrogens is 2. The van der Waals surface area contributed by atoms with Gasteiger partial charge in [-0.2, -0.15) is 0 Å². The second kappa shape index (κ2) is 3.52. The zero-order chi connectivity index (χ0) is 11.1. The van der Waals surface area contributed by atoms with E-state index in [1.165, 1.54) is 0 Å². The summed E-state index contributed by atoms with van der Waals surface area (Å²) in [6.45, 7) is 2.11. The van der Waals surface area contributed by atoms with Gasteiger partial charge in [0.15, 0.2) is 0 Å². The molecule has 0 radical (unpaired) electrons. The summed E-state index contributed by atoms with van der Waals surface area (Å²) in [5, 5.41) is 1.01. The van der Waals surface area contributed by atoms with Gasteiger partial charge in [0.05, 0.1) is 17.1 Å². The first kappa shape index (κ1) is 9.72. The lowest BCUT2D eigenvalue weighted by Crippen LogP contribution is -1.97.